The van der Waals surface area contributed by atoms with Crippen molar-refractivity contribution in [2.24, 2.45) is 5.41 Å². The van der Waals surface area contributed by atoms with Crippen LogP contribution < -0.4 is 5.56 Å². The Morgan fingerprint density at radius 2 is 1.86 bits per heavy atom. The van der Waals surface area contributed by atoms with Crippen LogP contribution in [-0.2, 0) is 22.6 Å². The SMILES string of the molecule is Cc1cc(CCC(=O)c2nc3n(c(=O)c2O)CC(C)(C)CC[C@@H]3N(C)C(=O)C(=O)N(C)C)ccc1F. The lowest BCUT2D eigenvalue weighted by Gasteiger charge is -2.28. The number of amides is 2. The summed E-state index contributed by atoms with van der Waals surface area (Å²) in [5, 5.41) is 10.7. The first-order valence-electron chi connectivity index (χ1n) is 11.8. The fourth-order valence-electron chi connectivity index (χ4n) is 4.42. The van der Waals surface area contributed by atoms with Gasteiger partial charge in [-0.05, 0) is 48.8 Å². The van der Waals surface area contributed by atoms with Crippen LogP contribution in [0.3, 0.4) is 0 Å². The lowest BCUT2D eigenvalue weighted by Crippen LogP contribution is -2.43. The van der Waals surface area contributed by atoms with Gasteiger partial charge in [0.15, 0.2) is 11.5 Å². The quantitative estimate of drug-likeness (QED) is 0.499. The van der Waals surface area contributed by atoms with Gasteiger partial charge in [-0.25, -0.2) is 9.37 Å². The third-order valence-electron chi connectivity index (χ3n) is 6.66. The van der Waals surface area contributed by atoms with Crippen molar-refractivity contribution in [1.29, 1.82) is 0 Å². The zero-order chi connectivity index (χ0) is 26.9. The minimum atomic E-state index is -0.766. The van der Waals surface area contributed by atoms with E-state index >= 15 is 0 Å². The van der Waals surface area contributed by atoms with Gasteiger partial charge in [-0.15, -0.1) is 0 Å². The van der Waals surface area contributed by atoms with Crippen LogP contribution >= 0.6 is 0 Å². The van der Waals surface area contributed by atoms with E-state index in [1.165, 1.54) is 41.6 Å². The zero-order valence-electron chi connectivity index (χ0n) is 21.6. The summed E-state index contributed by atoms with van der Waals surface area (Å²) in [6, 6.07) is 3.80. The standard InChI is InChI=1S/C26H33FN4O5/c1-15-13-16(7-9-17(15)27)8-10-19(32)20-21(33)23(34)31-14-26(2,3)12-11-18(22(31)28-20)30(6)25(36)24(35)29(4)5/h7,9,13,18,33H,8,10-12,14H2,1-6H3/t18-/m0/s1. The number of likely N-dealkylation sites (N-methyl/N-ethyl adjacent to an activating group) is 2. The van der Waals surface area contributed by atoms with Gasteiger partial charge in [0.05, 0.1) is 6.04 Å². The molecule has 10 heteroatoms. The Bertz CT molecular complexity index is 1270. The van der Waals surface area contributed by atoms with E-state index in [2.05, 4.69) is 4.98 Å². The highest BCUT2D eigenvalue weighted by Crippen LogP contribution is 2.36. The molecular weight excluding hydrogens is 467 g/mol. The van der Waals surface area contributed by atoms with Crippen molar-refractivity contribution in [3.63, 3.8) is 0 Å². The van der Waals surface area contributed by atoms with Crippen molar-refractivity contribution in [2.75, 3.05) is 21.1 Å². The minimum absolute atomic E-state index is 0.0570. The molecular formula is C26H33FN4O5. The number of fused-ring (bicyclic) bond motifs is 1. The van der Waals surface area contributed by atoms with Gasteiger partial charge >= 0.3 is 11.8 Å². The summed E-state index contributed by atoms with van der Waals surface area (Å²) in [5.41, 5.74) is -0.298. The minimum Gasteiger partial charge on any atom is -0.501 e. The van der Waals surface area contributed by atoms with E-state index in [1.807, 2.05) is 13.8 Å². The molecule has 0 aliphatic carbocycles. The second-order valence-electron chi connectivity index (χ2n) is 10.4. The smallest absolute Gasteiger partial charge is 0.312 e. The molecule has 1 aromatic carbocycles. The highest BCUT2D eigenvalue weighted by atomic mass is 19.1. The van der Waals surface area contributed by atoms with Crippen molar-refractivity contribution >= 4 is 17.6 Å². The van der Waals surface area contributed by atoms with E-state index in [0.717, 1.165) is 5.56 Å². The largest absolute Gasteiger partial charge is 0.501 e. The number of aromatic nitrogens is 2. The third kappa shape index (κ3) is 5.47. The van der Waals surface area contributed by atoms with E-state index in [-0.39, 0.29) is 42.1 Å². The lowest BCUT2D eigenvalue weighted by atomic mass is 9.87. The number of Topliss-reactive ketones (excluding diaryl/α,β-unsaturated/α-hetero) is 1. The molecule has 0 unspecified atom stereocenters. The van der Waals surface area contributed by atoms with Crippen LogP contribution in [0.5, 0.6) is 5.75 Å². The molecule has 0 radical (unpaired) electrons. The summed E-state index contributed by atoms with van der Waals surface area (Å²) < 4.78 is 14.9. The molecule has 1 aliphatic rings. The molecule has 2 heterocycles. The number of rotatable bonds is 5. The Hall–Kier alpha value is -3.56. The van der Waals surface area contributed by atoms with Crippen LogP contribution in [0.1, 0.15) is 66.6 Å². The van der Waals surface area contributed by atoms with Crippen LogP contribution in [0.4, 0.5) is 4.39 Å². The van der Waals surface area contributed by atoms with Gasteiger partial charge < -0.3 is 14.9 Å². The van der Waals surface area contributed by atoms with Crippen LogP contribution in [0.15, 0.2) is 23.0 Å². The van der Waals surface area contributed by atoms with E-state index in [1.54, 1.807) is 19.1 Å². The average Bonchev–Trinajstić information content (AvgIpc) is 2.95. The van der Waals surface area contributed by atoms with Crippen molar-refractivity contribution in [3.8, 4) is 5.75 Å². The number of hydrogen-bond acceptors (Lipinski definition) is 6. The Labute approximate surface area is 209 Å². The van der Waals surface area contributed by atoms with Gasteiger partial charge in [0.1, 0.15) is 11.6 Å². The normalized spacial score (nSPS) is 16.6. The number of nitrogens with zero attached hydrogens (tertiary/aromatic N) is 4. The molecule has 0 spiro atoms. The average molecular weight is 501 g/mol. The summed E-state index contributed by atoms with van der Waals surface area (Å²) in [6.45, 7) is 5.77. The third-order valence-corrected chi connectivity index (χ3v) is 6.66. The van der Waals surface area contributed by atoms with Gasteiger partial charge in [-0.3, -0.25) is 23.7 Å². The van der Waals surface area contributed by atoms with Crippen LogP contribution in [0, 0.1) is 18.2 Å². The fourth-order valence-corrected chi connectivity index (χ4v) is 4.42. The predicted octanol–water partition coefficient (Wildman–Crippen LogP) is 2.62. The molecule has 0 fully saturated rings. The Morgan fingerprint density at radius 1 is 1.19 bits per heavy atom. The number of aryl methyl sites for hydroxylation is 2. The summed E-state index contributed by atoms with van der Waals surface area (Å²) >= 11 is 0. The van der Waals surface area contributed by atoms with Crippen LogP contribution in [-0.4, -0.2) is 63.2 Å². The summed E-state index contributed by atoms with van der Waals surface area (Å²) in [7, 11) is 4.41. The molecule has 1 aliphatic heterocycles. The van der Waals surface area contributed by atoms with Gasteiger partial charge in [-0.1, -0.05) is 26.0 Å². The molecule has 2 aromatic rings. The fraction of sp³-hybridized carbons (Fsp3) is 0.500. The number of ketones is 1. The molecule has 1 N–H and O–H groups in total. The summed E-state index contributed by atoms with van der Waals surface area (Å²) in [5.74, 6) is -2.96. The molecule has 36 heavy (non-hydrogen) atoms. The Morgan fingerprint density at radius 3 is 2.47 bits per heavy atom. The second-order valence-corrected chi connectivity index (χ2v) is 10.4. The van der Waals surface area contributed by atoms with Crippen LogP contribution in [0.2, 0.25) is 0 Å². The molecule has 1 atom stereocenters. The molecule has 194 valence electrons. The number of benzene rings is 1. The molecule has 3 rings (SSSR count). The predicted molar refractivity (Wildman–Crippen MR) is 131 cm³/mol. The number of aromatic hydroxyl groups is 1. The molecule has 0 saturated carbocycles. The van der Waals surface area contributed by atoms with Crippen molar-refractivity contribution in [1.82, 2.24) is 19.4 Å². The van der Waals surface area contributed by atoms with Gasteiger partial charge in [-0.2, -0.15) is 0 Å². The Kier molecular flexibility index (Phi) is 7.66. The number of carbonyl (C=O) groups excluding carboxylic acids is 3. The first-order chi connectivity index (χ1) is 16.7. The van der Waals surface area contributed by atoms with E-state index in [0.29, 0.717) is 18.4 Å². The monoisotopic (exact) mass is 500 g/mol. The Balaban J connectivity index is 2.02. The lowest BCUT2D eigenvalue weighted by molar-refractivity contribution is -0.151. The highest BCUT2D eigenvalue weighted by molar-refractivity contribution is 6.34. The van der Waals surface area contributed by atoms with E-state index in [4.69, 9.17) is 0 Å². The molecule has 0 saturated heterocycles. The summed E-state index contributed by atoms with van der Waals surface area (Å²) in [4.78, 5) is 58.3. The van der Waals surface area contributed by atoms with E-state index < -0.39 is 34.9 Å². The number of carbonyl (C=O) groups is 3. The summed E-state index contributed by atoms with van der Waals surface area (Å²) in [6.07, 6.45) is 1.24. The van der Waals surface area contributed by atoms with Crippen LogP contribution in [0.25, 0.3) is 0 Å². The van der Waals surface area contributed by atoms with Gasteiger partial charge in [0.2, 0.25) is 5.75 Å². The van der Waals surface area contributed by atoms with Gasteiger partial charge in [0.25, 0.3) is 5.56 Å². The van der Waals surface area contributed by atoms with Gasteiger partial charge in [0, 0.05) is 34.1 Å². The topological polar surface area (TPSA) is 113 Å². The number of halogens is 1. The molecule has 1 aromatic heterocycles. The highest BCUT2D eigenvalue weighted by Gasteiger charge is 2.37. The first-order valence-corrected chi connectivity index (χ1v) is 11.8. The van der Waals surface area contributed by atoms with Crippen molar-refractivity contribution in [3.05, 3.63) is 57.0 Å². The number of hydrogen-bond donors (Lipinski definition) is 1. The molecule has 9 nitrogen and oxygen atoms in total. The maximum atomic E-state index is 13.6. The van der Waals surface area contributed by atoms with E-state index in [9.17, 15) is 28.7 Å². The van der Waals surface area contributed by atoms with Crippen molar-refractivity contribution < 1.29 is 23.9 Å². The first kappa shape index (κ1) is 27.0. The second kappa shape index (κ2) is 10.2. The zero-order valence-corrected chi connectivity index (χ0v) is 21.6. The molecule has 0 bridgehead atoms. The van der Waals surface area contributed by atoms with Crippen molar-refractivity contribution in [2.45, 2.75) is 59.0 Å². The molecule has 2 amide bonds. The maximum absolute atomic E-state index is 13.6. The maximum Gasteiger partial charge on any atom is 0.312 e.